The number of hydrogen-bond acceptors (Lipinski definition) is 6. The van der Waals surface area contributed by atoms with Crippen LogP contribution < -0.4 is 0 Å². The lowest BCUT2D eigenvalue weighted by Crippen LogP contribution is -2.48. The monoisotopic (exact) mass is 403 g/mol. The van der Waals surface area contributed by atoms with Gasteiger partial charge >= 0.3 is 5.97 Å². The number of halogens is 2. The van der Waals surface area contributed by atoms with E-state index in [4.69, 9.17) is 16.3 Å². The minimum absolute atomic E-state index is 0.0673. The number of carbonyl (C=O) groups excluding carboxylic acids is 1. The summed E-state index contributed by atoms with van der Waals surface area (Å²) in [5.74, 6) is -0.588. The van der Waals surface area contributed by atoms with Gasteiger partial charge in [-0.05, 0) is 22.0 Å². The largest absolute Gasteiger partial charge is 0.467 e. The van der Waals surface area contributed by atoms with Crippen LogP contribution in [0.4, 0.5) is 0 Å². The minimum atomic E-state index is -3.69. The molecule has 10 heteroatoms. The molecule has 1 aliphatic rings. The molecule has 2 heterocycles. The SMILES string of the molecule is COC(=O)C1CN(S(=O)(=O)c2cc(Cl)c(Br)s2)CCO1. The third-order valence-electron chi connectivity index (χ3n) is 2.71. The van der Waals surface area contributed by atoms with Crippen molar-refractivity contribution in [2.45, 2.75) is 10.3 Å². The average molecular weight is 405 g/mol. The molecule has 0 amide bonds. The van der Waals surface area contributed by atoms with E-state index < -0.39 is 22.1 Å². The van der Waals surface area contributed by atoms with Crippen LogP contribution in [-0.2, 0) is 24.3 Å². The number of ether oxygens (including phenoxy) is 2. The predicted molar refractivity (Wildman–Crippen MR) is 77.5 cm³/mol. The van der Waals surface area contributed by atoms with E-state index in [0.29, 0.717) is 8.81 Å². The summed E-state index contributed by atoms with van der Waals surface area (Å²) in [5.41, 5.74) is 0. The van der Waals surface area contributed by atoms with Gasteiger partial charge in [-0.15, -0.1) is 11.3 Å². The molecule has 1 atom stereocenters. The van der Waals surface area contributed by atoms with Crippen molar-refractivity contribution in [2.75, 3.05) is 26.8 Å². The molecule has 1 unspecified atom stereocenters. The molecule has 0 aromatic carbocycles. The van der Waals surface area contributed by atoms with Crippen LogP contribution in [-0.4, -0.2) is 51.6 Å². The first kappa shape index (κ1) is 16.2. The van der Waals surface area contributed by atoms with Crippen LogP contribution >= 0.6 is 38.9 Å². The molecule has 6 nitrogen and oxygen atoms in total. The molecule has 112 valence electrons. The van der Waals surface area contributed by atoms with E-state index in [1.165, 1.54) is 17.5 Å². The van der Waals surface area contributed by atoms with Gasteiger partial charge in [-0.3, -0.25) is 0 Å². The zero-order chi connectivity index (χ0) is 14.9. The van der Waals surface area contributed by atoms with E-state index in [1.54, 1.807) is 0 Å². The van der Waals surface area contributed by atoms with Crippen molar-refractivity contribution in [3.8, 4) is 0 Å². The highest BCUT2D eigenvalue weighted by Gasteiger charge is 2.35. The first-order valence-electron chi connectivity index (χ1n) is 5.50. The maximum atomic E-state index is 12.5. The Morgan fingerprint density at radius 1 is 1.65 bits per heavy atom. The van der Waals surface area contributed by atoms with Crippen LogP contribution in [0, 0.1) is 0 Å². The first-order valence-corrected chi connectivity index (χ1v) is 8.93. The van der Waals surface area contributed by atoms with Gasteiger partial charge in [0, 0.05) is 6.54 Å². The third-order valence-corrected chi connectivity index (χ3v) is 7.50. The topological polar surface area (TPSA) is 72.9 Å². The highest BCUT2D eigenvalue weighted by Crippen LogP contribution is 2.36. The molecule has 0 radical (unpaired) electrons. The van der Waals surface area contributed by atoms with Gasteiger partial charge < -0.3 is 9.47 Å². The lowest BCUT2D eigenvalue weighted by molar-refractivity contribution is -0.157. The van der Waals surface area contributed by atoms with Crippen molar-refractivity contribution in [1.82, 2.24) is 4.31 Å². The molecular formula is C10H11BrClNO5S2. The minimum Gasteiger partial charge on any atom is -0.467 e. The Morgan fingerprint density at radius 3 is 2.90 bits per heavy atom. The van der Waals surface area contributed by atoms with Crippen LogP contribution in [0.1, 0.15) is 0 Å². The summed E-state index contributed by atoms with van der Waals surface area (Å²) in [5, 5.41) is 0.339. The Labute approximate surface area is 133 Å². The van der Waals surface area contributed by atoms with Crippen molar-refractivity contribution < 1.29 is 22.7 Å². The van der Waals surface area contributed by atoms with Crippen LogP contribution in [0.2, 0.25) is 5.02 Å². The number of thiophene rings is 1. The number of sulfonamides is 1. The third kappa shape index (κ3) is 3.18. The quantitative estimate of drug-likeness (QED) is 0.717. The highest BCUT2D eigenvalue weighted by molar-refractivity contribution is 9.11. The molecular weight excluding hydrogens is 394 g/mol. The Morgan fingerprint density at radius 2 is 2.35 bits per heavy atom. The molecule has 0 spiro atoms. The predicted octanol–water partition coefficient (Wildman–Crippen LogP) is 1.73. The van der Waals surface area contributed by atoms with Gasteiger partial charge in [0.25, 0.3) is 10.0 Å². The summed E-state index contributed by atoms with van der Waals surface area (Å²) in [4.78, 5) is 11.4. The van der Waals surface area contributed by atoms with Crippen LogP contribution in [0.15, 0.2) is 14.1 Å². The van der Waals surface area contributed by atoms with Crippen LogP contribution in [0.3, 0.4) is 0 Å². The molecule has 1 aliphatic heterocycles. The summed E-state index contributed by atoms with van der Waals surface area (Å²) < 4.78 is 36.6. The molecule has 1 aromatic heterocycles. The number of methoxy groups -OCH3 is 1. The van der Waals surface area contributed by atoms with E-state index in [1.807, 2.05) is 0 Å². The molecule has 0 N–H and O–H groups in total. The van der Waals surface area contributed by atoms with E-state index in [0.717, 1.165) is 11.3 Å². The fraction of sp³-hybridized carbons (Fsp3) is 0.500. The van der Waals surface area contributed by atoms with Gasteiger partial charge in [0.2, 0.25) is 0 Å². The lowest BCUT2D eigenvalue weighted by atomic mass is 10.3. The summed E-state index contributed by atoms with van der Waals surface area (Å²) in [7, 11) is -2.46. The van der Waals surface area contributed by atoms with E-state index in [2.05, 4.69) is 20.7 Å². The van der Waals surface area contributed by atoms with Crippen molar-refractivity contribution in [2.24, 2.45) is 0 Å². The second kappa shape index (κ2) is 6.29. The van der Waals surface area contributed by atoms with Crippen LogP contribution in [0.5, 0.6) is 0 Å². The van der Waals surface area contributed by atoms with Gasteiger partial charge in [0.15, 0.2) is 6.10 Å². The van der Waals surface area contributed by atoms with E-state index in [-0.39, 0.29) is 23.9 Å². The highest BCUT2D eigenvalue weighted by atomic mass is 79.9. The zero-order valence-electron chi connectivity index (χ0n) is 10.3. The molecule has 0 aliphatic carbocycles. The number of rotatable bonds is 3. The summed E-state index contributed by atoms with van der Waals surface area (Å²) in [6.45, 7) is 0.254. The van der Waals surface area contributed by atoms with Gasteiger partial charge in [0.1, 0.15) is 4.21 Å². The van der Waals surface area contributed by atoms with E-state index in [9.17, 15) is 13.2 Å². The Bertz CT molecular complexity index is 598. The second-order valence-electron chi connectivity index (χ2n) is 3.93. The fourth-order valence-corrected chi connectivity index (χ4v) is 5.68. The normalized spacial score (nSPS) is 20.9. The Hall–Kier alpha value is -0.190. The number of esters is 1. The van der Waals surface area contributed by atoms with Gasteiger partial charge in [-0.2, -0.15) is 4.31 Å². The number of morpholine rings is 1. The number of carbonyl (C=O) groups is 1. The summed E-state index contributed by atoms with van der Waals surface area (Å²) in [6, 6.07) is 1.38. The average Bonchev–Trinajstić information content (AvgIpc) is 2.78. The molecule has 1 saturated heterocycles. The van der Waals surface area contributed by atoms with Crippen molar-refractivity contribution in [1.29, 1.82) is 0 Å². The van der Waals surface area contributed by atoms with E-state index >= 15 is 0 Å². The summed E-state index contributed by atoms with van der Waals surface area (Å²) in [6.07, 6.45) is -0.901. The molecule has 0 bridgehead atoms. The maximum absolute atomic E-state index is 12.5. The zero-order valence-corrected chi connectivity index (χ0v) is 14.3. The van der Waals surface area contributed by atoms with Crippen molar-refractivity contribution in [3.05, 3.63) is 14.9 Å². The molecule has 1 aromatic rings. The maximum Gasteiger partial charge on any atom is 0.336 e. The standard InChI is InChI=1S/C10H11BrClNO5S2/c1-17-10(14)7-5-13(2-3-18-7)20(15,16)8-4-6(12)9(11)19-8/h4,7H,2-3,5H2,1H3. The van der Waals surface area contributed by atoms with Gasteiger partial charge in [0.05, 0.1) is 29.1 Å². The van der Waals surface area contributed by atoms with Gasteiger partial charge in [-0.25, -0.2) is 13.2 Å². The second-order valence-corrected chi connectivity index (χ2v) is 8.87. The summed E-state index contributed by atoms with van der Waals surface area (Å²) >= 11 is 10.1. The number of hydrogen-bond donors (Lipinski definition) is 0. The van der Waals surface area contributed by atoms with Gasteiger partial charge in [-0.1, -0.05) is 11.6 Å². The lowest BCUT2D eigenvalue weighted by Gasteiger charge is -2.30. The van der Waals surface area contributed by atoms with Crippen molar-refractivity contribution >= 4 is 54.9 Å². The molecule has 20 heavy (non-hydrogen) atoms. The Kier molecular flexibility index (Phi) is 5.09. The number of nitrogens with zero attached hydrogens (tertiary/aromatic N) is 1. The van der Waals surface area contributed by atoms with Crippen LogP contribution in [0.25, 0.3) is 0 Å². The fourth-order valence-electron chi connectivity index (χ4n) is 1.70. The van der Waals surface area contributed by atoms with Crippen molar-refractivity contribution in [3.63, 3.8) is 0 Å². The first-order chi connectivity index (χ1) is 9.36. The Balaban J connectivity index is 2.23. The molecule has 0 saturated carbocycles. The molecule has 2 rings (SSSR count). The smallest absolute Gasteiger partial charge is 0.336 e. The molecule has 1 fully saturated rings.